The zero-order chi connectivity index (χ0) is 20.2. The fourth-order valence-electron chi connectivity index (χ4n) is 2.39. The third kappa shape index (κ3) is 5.47. The summed E-state index contributed by atoms with van der Waals surface area (Å²) in [5, 5.41) is 0. The Morgan fingerprint density at radius 1 is 1.00 bits per heavy atom. The number of carbonyl (C=O) groups is 1. The summed E-state index contributed by atoms with van der Waals surface area (Å²) in [4.78, 5) is 12.4. The van der Waals surface area contributed by atoms with Gasteiger partial charge in [0.15, 0.2) is 0 Å². The number of methoxy groups -OCH3 is 1. The molecular weight excluding hydrogens is 366 g/mol. The first-order valence-corrected chi connectivity index (χ1v) is 9.92. The van der Waals surface area contributed by atoms with Crippen molar-refractivity contribution in [1.29, 1.82) is 0 Å². The number of benzene rings is 2. The van der Waals surface area contributed by atoms with Gasteiger partial charge in [-0.05, 0) is 64.1 Å². The molecule has 2 rings (SSSR count). The maximum Gasteiger partial charge on any atom is 0.327 e. The van der Waals surface area contributed by atoms with Crippen molar-refractivity contribution >= 4 is 21.7 Å². The molecule has 6 nitrogen and oxygen atoms in total. The van der Waals surface area contributed by atoms with Crippen LogP contribution in [0.5, 0.6) is 5.75 Å². The van der Waals surface area contributed by atoms with E-state index in [-0.39, 0.29) is 4.90 Å². The van der Waals surface area contributed by atoms with E-state index in [0.29, 0.717) is 11.4 Å². The molecule has 0 fully saturated rings. The fourth-order valence-corrected chi connectivity index (χ4v) is 3.80. The molecule has 2 aromatic rings. The van der Waals surface area contributed by atoms with Crippen molar-refractivity contribution in [3.63, 3.8) is 0 Å². The first-order chi connectivity index (χ1) is 12.5. The molecule has 0 aromatic heterocycles. The van der Waals surface area contributed by atoms with Crippen molar-refractivity contribution in [2.24, 2.45) is 0 Å². The Hall–Kier alpha value is -2.54. The summed E-state index contributed by atoms with van der Waals surface area (Å²) in [6.45, 7) is 6.64. The Kier molecular flexibility index (Phi) is 6.15. The van der Waals surface area contributed by atoms with E-state index in [1.807, 2.05) is 6.92 Å². The quantitative estimate of drug-likeness (QED) is 0.704. The summed E-state index contributed by atoms with van der Waals surface area (Å²) < 4.78 is 37.9. The molecule has 0 unspecified atom stereocenters. The minimum atomic E-state index is -3.95. The van der Waals surface area contributed by atoms with Gasteiger partial charge in [-0.1, -0.05) is 17.7 Å². The summed E-state index contributed by atoms with van der Waals surface area (Å²) >= 11 is 0. The van der Waals surface area contributed by atoms with Gasteiger partial charge in [0, 0.05) is 0 Å². The molecule has 27 heavy (non-hydrogen) atoms. The minimum absolute atomic E-state index is 0.104. The molecule has 0 aliphatic heterocycles. The van der Waals surface area contributed by atoms with Gasteiger partial charge in [0.1, 0.15) is 17.9 Å². The van der Waals surface area contributed by atoms with Crippen LogP contribution < -0.4 is 9.04 Å². The summed E-state index contributed by atoms with van der Waals surface area (Å²) in [7, 11) is -2.43. The summed E-state index contributed by atoms with van der Waals surface area (Å²) in [6.07, 6.45) is 0. The number of rotatable bonds is 6. The molecule has 0 atom stereocenters. The highest BCUT2D eigenvalue weighted by Crippen LogP contribution is 2.26. The molecule has 0 radical (unpaired) electrons. The largest absolute Gasteiger partial charge is 0.497 e. The lowest BCUT2D eigenvalue weighted by molar-refractivity contribution is -0.152. The number of nitrogens with zero attached hydrogens (tertiary/aromatic N) is 1. The van der Waals surface area contributed by atoms with Crippen molar-refractivity contribution in [1.82, 2.24) is 0 Å². The van der Waals surface area contributed by atoms with E-state index in [0.717, 1.165) is 9.87 Å². The Labute approximate surface area is 160 Å². The lowest BCUT2D eigenvalue weighted by Gasteiger charge is -2.26. The van der Waals surface area contributed by atoms with Crippen LogP contribution in [0, 0.1) is 6.92 Å². The Bertz CT molecular complexity index is 881. The molecule has 0 aliphatic rings. The van der Waals surface area contributed by atoms with Gasteiger partial charge in [-0.25, -0.2) is 8.42 Å². The maximum absolute atomic E-state index is 13.2. The standard InChI is InChI=1S/C20H25NO5S/c1-15-6-12-18(13-7-15)27(23,24)21(14-19(22)26-20(2,3)4)16-8-10-17(25-5)11-9-16/h6-13H,14H2,1-5H3. The Morgan fingerprint density at radius 3 is 2.04 bits per heavy atom. The monoisotopic (exact) mass is 391 g/mol. The van der Waals surface area contributed by atoms with Gasteiger partial charge < -0.3 is 9.47 Å². The summed E-state index contributed by atoms with van der Waals surface area (Å²) in [6, 6.07) is 12.9. The lowest BCUT2D eigenvalue weighted by Crippen LogP contribution is -2.38. The average molecular weight is 391 g/mol. The van der Waals surface area contributed by atoms with Crippen LogP contribution in [0.2, 0.25) is 0 Å². The fraction of sp³-hybridized carbons (Fsp3) is 0.350. The van der Waals surface area contributed by atoms with Gasteiger partial charge in [0.05, 0.1) is 17.7 Å². The van der Waals surface area contributed by atoms with Crippen LogP contribution >= 0.6 is 0 Å². The third-order valence-electron chi connectivity index (χ3n) is 3.66. The highest BCUT2D eigenvalue weighted by atomic mass is 32.2. The first kappa shape index (κ1) is 20.8. The second-order valence-electron chi connectivity index (χ2n) is 7.11. The molecule has 146 valence electrons. The van der Waals surface area contributed by atoms with Gasteiger partial charge in [-0.15, -0.1) is 0 Å². The second-order valence-corrected chi connectivity index (χ2v) is 8.97. The van der Waals surface area contributed by atoms with Crippen LogP contribution in [0.25, 0.3) is 0 Å². The van der Waals surface area contributed by atoms with Crippen molar-refractivity contribution in [2.45, 2.75) is 38.2 Å². The number of esters is 1. The van der Waals surface area contributed by atoms with E-state index < -0.39 is 28.1 Å². The Balaban J connectivity index is 2.44. The molecule has 2 aromatic carbocycles. The van der Waals surface area contributed by atoms with Crippen LogP contribution in [0.15, 0.2) is 53.4 Å². The number of anilines is 1. The summed E-state index contributed by atoms with van der Waals surface area (Å²) in [5.74, 6) is -0.0438. The van der Waals surface area contributed by atoms with E-state index in [9.17, 15) is 13.2 Å². The number of hydrogen-bond donors (Lipinski definition) is 0. The van der Waals surface area contributed by atoms with Crippen LogP contribution in [-0.2, 0) is 19.6 Å². The highest BCUT2D eigenvalue weighted by Gasteiger charge is 2.29. The van der Waals surface area contributed by atoms with Crippen LogP contribution in [0.4, 0.5) is 5.69 Å². The number of carbonyl (C=O) groups excluding carboxylic acids is 1. The average Bonchev–Trinajstić information content (AvgIpc) is 2.58. The van der Waals surface area contributed by atoms with E-state index in [4.69, 9.17) is 9.47 Å². The zero-order valence-electron chi connectivity index (χ0n) is 16.2. The van der Waals surface area contributed by atoms with Gasteiger partial charge in [0.2, 0.25) is 0 Å². The molecule has 0 N–H and O–H groups in total. The molecule has 0 saturated carbocycles. The third-order valence-corrected chi connectivity index (χ3v) is 5.45. The van der Waals surface area contributed by atoms with Crippen molar-refractivity contribution in [3.05, 3.63) is 54.1 Å². The molecule has 0 amide bonds. The number of ether oxygens (including phenoxy) is 2. The smallest absolute Gasteiger partial charge is 0.327 e. The highest BCUT2D eigenvalue weighted by molar-refractivity contribution is 7.92. The van der Waals surface area contributed by atoms with Gasteiger partial charge in [-0.3, -0.25) is 9.10 Å². The summed E-state index contributed by atoms with van der Waals surface area (Å²) in [5.41, 5.74) is 0.579. The zero-order valence-corrected chi connectivity index (χ0v) is 17.0. The van der Waals surface area contributed by atoms with E-state index in [1.165, 1.54) is 19.2 Å². The van der Waals surface area contributed by atoms with E-state index in [2.05, 4.69) is 0 Å². The second kappa shape index (κ2) is 8.00. The van der Waals surface area contributed by atoms with Crippen molar-refractivity contribution in [3.8, 4) is 5.75 Å². The molecule has 0 bridgehead atoms. The topological polar surface area (TPSA) is 72.9 Å². The molecule has 0 heterocycles. The SMILES string of the molecule is COc1ccc(N(CC(=O)OC(C)(C)C)S(=O)(=O)c2ccc(C)cc2)cc1. The predicted octanol–water partition coefficient (Wildman–Crippen LogP) is 3.54. The van der Waals surface area contributed by atoms with Crippen LogP contribution in [0.1, 0.15) is 26.3 Å². The van der Waals surface area contributed by atoms with Gasteiger partial charge >= 0.3 is 5.97 Å². The number of sulfonamides is 1. The number of aryl methyl sites for hydroxylation is 1. The number of hydrogen-bond acceptors (Lipinski definition) is 5. The maximum atomic E-state index is 13.2. The van der Waals surface area contributed by atoms with Crippen molar-refractivity contribution in [2.75, 3.05) is 18.0 Å². The molecule has 0 spiro atoms. The van der Waals surface area contributed by atoms with Crippen LogP contribution in [0.3, 0.4) is 0 Å². The lowest BCUT2D eigenvalue weighted by atomic mass is 10.2. The molecule has 0 saturated heterocycles. The Morgan fingerprint density at radius 2 is 1.56 bits per heavy atom. The van der Waals surface area contributed by atoms with Crippen LogP contribution in [-0.4, -0.2) is 33.6 Å². The predicted molar refractivity (Wildman–Crippen MR) is 105 cm³/mol. The normalized spacial score (nSPS) is 11.7. The minimum Gasteiger partial charge on any atom is -0.497 e. The molecular formula is C20H25NO5S. The van der Waals surface area contributed by atoms with E-state index in [1.54, 1.807) is 57.2 Å². The van der Waals surface area contributed by atoms with Gasteiger partial charge in [-0.2, -0.15) is 0 Å². The van der Waals surface area contributed by atoms with E-state index >= 15 is 0 Å². The molecule has 7 heteroatoms. The molecule has 0 aliphatic carbocycles. The first-order valence-electron chi connectivity index (χ1n) is 8.48. The van der Waals surface area contributed by atoms with Crippen molar-refractivity contribution < 1.29 is 22.7 Å². The van der Waals surface area contributed by atoms with Gasteiger partial charge in [0.25, 0.3) is 10.0 Å².